The Kier molecular flexibility index (Phi) is 3.15. The second-order valence-corrected chi connectivity index (χ2v) is 4.86. The summed E-state index contributed by atoms with van der Waals surface area (Å²) in [5.74, 6) is 1.37. The molecule has 19 heavy (non-hydrogen) atoms. The lowest BCUT2D eigenvalue weighted by Crippen LogP contribution is -2.30. The summed E-state index contributed by atoms with van der Waals surface area (Å²) >= 11 is 0. The van der Waals surface area contributed by atoms with Crippen LogP contribution in [0.2, 0.25) is 0 Å². The molecule has 0 saturated carbocycles. The van der Waals surface area contributed by atoms with Crippen molar-refractivity contribution in [3.05, 3.63) is 34.5 Å². The Morgan fingerprint density at radius 3 is 2.68 bits per heavy atom. The molecule has 100 valence electrons. The molecule has 4 nitrogen and oxygen atoms in total. The smallest absolute Gasteiger partial charge is 0.199 e. The molecular weight excluding hydrogens is 242 g/mol. The van der Waals surface area contributed by atoms with Crippen molar-refractivity contribution in [2.75, 3.05) is 25.1 Å². The molecule has 2 aromatic rings. The van der Waals surface area contributed by atoms with Gasteiger partial charge in [-0.15, -0.1) is 0 Å². The lowest BCUT2D eigenvalue weighted by atomic mass is 10.1. The summed E-state index contributed by atoms with van der Waals surface area (Å²) in [4.78, 5) is 14.3. The van der Waals surface area contributed by atoms with E-state index in [1.165, 1.54) is 6.42 Å². The molecule has 0 bridgehead atoms. The van der Waals surface area contributed by atoms with Gasteiger partial charge in [0, 0.05) is 25.2 Å². The molecule has 0 spiro atoms. The Bertz CT molecular complexity index is 641. The van der Waals surface area contributed by atoms with Gasteiger partial charge in [0.2, 0.25) is 0 Å². The van der Waals surface area contributed by atoms with Crippen molar-refractivity contribution >= 4 is 16.9 Å². The highest BCUT2D eigenvalue weighted by molar-refractivity contribution is 5.79. The van der Waals surface area contributed by atoms with Crippen LogP contribution in [0.5, 0.6) is 5.75 Å². The Balaban J connectivity index is 2.08. The largest absolute Gasteiger partial charge is 0.497 e. The van der Waals surface area contributed by atoms with Gasteiger partial charge in [-0.1, -0.05) is 0 Å². The molecule has 2 heterocycles. The minimum atomic E-state index is 0.00414. The molecule has 1 aromatic heterocycles. The minimum Gasteiger partial charge on any atom is -0.497 e. The molecule has 1 aliphatic rings. The number of hydrogen-bond donors (Lipinski definition) is 0. The third-order valence-electron chi connectivity index (χ3n) is 3.59. The Hall–Kier alpha value is -1.97. The van der Waals surface area contributed by atoms with E-state index in [4.69, 9.17) is 9.15 Å². The van der Waals surface area contributed by atoms with E-state index in [1.54, 1.807) is 31.4 Å². The highest BCUT2D eigenvalue weighted by Crippen LogP contribution is 2.24. The number of hydrogen-bond acceptors (Lipinski definition) is 4. The SMILES string of the molecule is COc1ccc2c(=O)cc(N3CCCCC3)oc2c1. The van der Waals surface area contributed by atoms with Crippen LogP contribution in [0.3, 0.4) is 0 Å². The van der Waals surface area contributed by atoms with Crippen LogP contribution >= 0.6 is 0 Å². The van der Waals surface area contributed by atoms with Crippen molar-refractivity contribution in [2.24, 2.45) is 0 Å². The summed E-state index contributed by atoms with van der Waals surface area (Å²) in [6.45, 7) is 1.91. The van der Waals surface area contributed by atoms with E-state index in [0.29, 0.717) is 22.6 Å². The van der Waals surface area contributed by atoms with Crippen LogP contribution in [0.25, 0.3) is 11.0 Å². The van der Waals surface area contributed by atoms with Gasteiger partial charge in [-0.05, 0) is 31.4 Å². The van der Waals surface area contributed by atoms with E-state index >= 15 is 0 Å². The molecule has 1 fully saturated rings. The average Bonchev–Trinajstić information content (AvgIpc) is 2.47. The Morgan fingerprint density at radius 1 is 1.16 bits per heavy atom. The summed E-state index contributed by atoms with van der Waals surface area (Å²) in [7, 11) is 1.60. The average molecular weight is 259 g/mol. The Morgan fingerprint density at radius 2 is 1.95 bits per heavy atom. The van der Waals surface area contributed by atoms with Crippen LogP contribution in [-0.2, 0) is 0 Å². The predicted octanol–water partition coefficient (Wildman–Crippen LogP) is 2.79. The minimum absolute atomic E-state index is 0.00414. The predicted molar refractivity (Wildman–Crippen MR) is 75.1 cm³/mol. The summed E-state index contributed by atoms with van der Waals surface area (Å²) < 4.78 is 11.0. The number of benzene rings is 1. The second kappa shape index (κ2) is 4.96. The molecule has 1 aliphatic heterocycles. The van der Waals surface area contributed by atoms with Gasteiger partial charge in [0.05, 0.1) is 12.5 Å². The number of methoxy groups -OCH3 is 1. The first-order valence-corrected chi connectivity index (χ1v) is 6.65. The lowest BCUT2D eigenvalue weighted by Gasteiger charge is -2.27. The van der Waals surface area contributed by atoms with E-state index in [-0.39, 0.29) is 5.43 Å². The quantitative estimate of drug-likeness (QED) is 0.831. The normalized spacial score (nSPS) is 15.7. The fraction of sp³-hybridized carbons (Fsp3) is 0.400. The zero-order chi connectivity index (χ0) is 13.2. The number of fused-ring (bicyclic) bond motifs is 1. The lowest BCUT2D eigenvalue weighted by molar-refractivity contribution is 0.414. The molecule has 1 saturated heterocycles. The van der Waals surface area contributed by atoms with Crippen LogP contribution in [0.4, 0.5) is 5.88 Å². The fourth-order valence-electron chi connectivity index (χ4n) is 2.52. The summed E-state index contributed by atoms with van der Waals surface area (Å²) in [5, 5.41) is 0.599. The maximum absolute atomic E-state index is 12.1. The van der Waals surface area contributed by atoms with E-state index < -0.39 is 0 Å². The molecule has 0 amide bonds. The van der Waals surface area contributed by atoms with Crippen LogP contribution in [0.15, 0.2) is 33.5 Å². The van der Waals surface area contributed by atoms with E-state index in [9.17, 15) is 4.79 Å². The number of nitrogens with zero attached hydrogens (tertiary/aromatic N) is 1. The van der Waals surface area contributed by atoms with E-state index in [1.807, 2.05) is 0 Å². The highest BCUT2D eigenvalue weighted by Gasteiger charge is 2.15. The molecular formula is C15H17NO3. The van der Waals surface area contributed by atoms with Crippen molar-refractivity contribution in [1.82, 2.24) is 0 Å². The van der Waals surface area contributed by atoms with Crippen molar-refractivity contribution in [2.45, 2.75) is 19.3 Å². The van der Waals surface area contributed by atoms with Gasteiger partial charge in [-0.2, -0.15) is 0 Å². The van der Waals surface area contributed by atoms with Gasteiger partial charge in [0.1, 0.15) is 11.3 Å². The third-order valence-corrected chi connectivity index (χ3v) is 3.59. The number of piperidine rings is 1. The van der Waals surface area contributed by atoms with Gasteiger partial charge < -0.3 is 14.1 Å². The summed E-state index contributed by atoms with van der Waals surface area (Å²) in [5.41, 5.74) is 0.594. The van der Waals surface area contributed by atoms with Gasteiger partial charge >= 0.3 is 0 Å². The topological polar surface area (TPSA) is 42.7 Å². The van der Waals surface area contributed by atoms with Gasteiger partial charge in [-0.3, -0.25) is 4.79 Å². The van der Waals surface area contributed by atoms with Crippen LogP contribution in [0.1, 0.15) is 19.3 Å². The summed E-state index contributed by atoms with van der Waals surface area (Å²) in [6.07, 6.45) is 3.56. The second-order valence-electron chi connectivity index (χ2n) is 4.86. The maximum Gasteiger partial charge on any atom is 0.199 e. The molecule has 0 radical (unpaired) electrons. The molecule has 1 aromatic carbocycles. The standard InChI is InChI=1S/C15H17NO3/c1-18-11-5-6-12-13(17)10-15(19-14(12)9-11)16-7-3-2-4-8-16/h5-6,9-10H,2-4,7-8H2,1H3. The molecule has 0 N–H and O–H groups in total. The zero-order valence-electron chi connectivity index (χ0n) is 11.0. The van der Waals surface area contributed by atoms with Gasteiger partial charge in [0.25, 0.3) is 0 Å². The first kappa shape index (κ1) is 12.1. The Labute approximate surface area is 111 Å². The maximum atomic E-state index is 12.1. The zero-order valence-corrected chi connectivity index (χ0v) is 11.0. The third kappa shape index (κ3) is 2.30. The van der Waals surface area contributed by atoms with Gasteiger partial charge in [0.15, 0.2) is 11.3 Å². The first-order valence-electron chi connectivity index (χ1n) is 6.65. The molecule has 0 atom stereocenters. The highest BCUT2D eigenvalue weighted by atomic mass is 16.5. The van der Waals surface area contributed by atoms with Gasteiger partial charge in [-0.25, -0.2) is 0 Å². The van der Waals surface area contributed by atoms with Crippen molar-refractivity contribution in [1.29, 1.82) is 0 Å². The fourth-order valence-corrected chi connectivity index (χ4v) is 2.52. The molecule has 0 aliphatic carbocycles. The first-order chi connectivity index (χ1) is 9.28. The van der Waals surface area contributed by atoms with E-state index in [0.717, 1.165) is 25.9 Å². The number of anilines is 1. The molecule has 3 rings (SSSR count). The monoisotopic (exact) mass is 259 g/mol. The van der Waals surface area contributed by atoms with Crippen LogP contribution in [0, 0.1) is 0 Å². The summed E-state index contributed by atoms with van der Waals surface area (Å²) in [6, 6.07) is 6.89. The van der Waals surface area contributed by atoms with E-state index in [2.05, 4.69) is 4.90 Å². The molecule has 0 unspecified atom stereocenters. The molecule has 4 heteroatoms. The number of rotatable bonds is 2. The van der Waals surface area contributed by atoms with Crippen molar-refractivity contribution in [3.8, 4) is 5.75 Å². The van der Waals surface area contributed by atoms with Crippen LogP contribution < -0.4 is 15.1 Å². The van der Waals surface area contributed by atoms with Crippen molar-refractivity contribution < 1.29 is 9.15 Å². The van der Waals surface area contributed by atoms with Crippen molar-refractivity contribution in [3.63, 3.8) is 0 Å². The number of ether oxygens (including phenoxy) is 1. The van der Waals surface area contributed by atoms with Crippen LogP contribution in [-0.4, -0.2) is 20.2 Å².